The van der Waals surface area contributed by atoms with Crippen LogP contribution in [-0.2, 0) is 14.8 Å². The average Bonchev–Trinajstić information content (AvgIpc) is 3.24. The van der Waals surface area contributed by atoms with Crippen LogP contribution in [0, 0.1) is 13.8 Å². The molecule has 192 valence electrons. The summed E-state index contributed by atoms with van der Waals surface area (Å²) in [4.78, 5) is 18.0. The summed E-state index contributed by atoms with van der Waals surface area (Å²) >= 11 is 1.27. The number of nitrogens with one attached hydrogen (secondary N) is 2. The van der Waals surface area contributed by atoms with Gasteiger partial charge < -0.3 is 15.2 Å². The molecule has 1 heterocycles. The van der Waals surface area contributed by atoms with Crippen LogP contribution in [-0.4, -0.2) is 31.5 Å². The third-order valence-electron chi connectivity index (χ3n) is 5.83. The van der Waals surface area contributed by atoms with Gasteiger partial charge >= 0.3 is 0 Å². The second kappa shape index (κ2) is 10.6. The van der Waals surface area contributed by atoms with E-state index in [1.165, 1.54) is 48.8 Å². The summed E-state index contributed by atoms with van der Waals surface area (Å²) in [5.74, 6) is -0.339. The third kappa shape index (κ3) is 5.92. The minimum Gasteiger partial charge on any atom is -0.508 e. The van der Waals surface area contributed by atoms with Gasteiger partial charge in [-0.05, 0) is 74.4 Å². The number of benzene rings is 3. The van der Waals surface area contributed by atoms with Crippen LogP contribution in [0.15, 0.2) is 71.6 Å². The summed E-state index contributed by atoms with van der Waals surface area (Å²) in [6.07, 6.45) is 0. The molecule has 1 amide bonds. The fourth-order valence-corrected chi connectivity index (χ4v) is 5.93. The van der Waals surface area contributed by atoms with Gasteiger partial charge in [-0.1, -0.05) is 41.2 Å². The third-order valence-corrected chi connectivity index (χ3v) is 8.36. The molecule has 0 bridgehead atoms. The highest BCUT2D eigenvalue weighted by Crippen LogP contribution is 2.37. The van der Waals surface area contributed by atoms with Crippen LogP contribution in [0.1, 0.15) is 29.7 Å². The first-order valence-corrected chi connectivity index (χ1v) is 13.7. The molecule has 0 unspecified atom stereocenters. The summed E-state index contributed by atoms with van der Waals surface area (Å²) < 4.78 is 34.2. The van der Waals surface area contributed by atoms with Gasteiger partial charge in [-0.15, -0.1) is 0 Å². The second-order valence-corrected chi connectivity index (χ2v) is 11.2. The van der Waals surface area contributed by atoms with Gasteiger partial charge in [0, 0.05) is 5.69 Å². The Bertz CT molecular complexity index is 1530. The van der Waals surface area contributed by atoms with Crippen molar-refractivity contribution in [1.29, 1.82) is 0 Å². The lowest BCUT2D eigenvalue weighted by Crippen LogP contribution is -2.18. The Kier molecular flexibility index (Phi) is 7.51. The number of nitrogens with zero attached hydrogens (tertiary/aromatic N) is 1. The molecule has 3 N–H and O–H groups in total. The van der Waals surface area contributed by atoms with Gasteiger partial charge in [0.05, 0.1) is 23.6 Å². The number of aryl methyl sites for hydroxylation is 2. The number of carbonyl (C=O) groups excluding carboxylic acids is 1. The molecule has 0 spiro atoms. The lowest BCUT2D eigenvalue weighted by atomic mass is 9.99. The predicted octanol–water partition coefficient (Wildman–Crippen LogP) is 5.68. The topological polar surface area (TPSA) is 118 Å². The minimum absolute atomic E-state index is 0.0272. The minimum atomic E-state index is -4.01. The van der Waals surface area contributed by atoms with Crippen LogP contribution < -0.4 is 14.8 Å². The van der Waals surface area contributed by atoms with Crippen LogP contribution in [0.3, 0.4) is 0 Å². The molecular weight excluding hydrogens is 510 g/mol. The van der Waals surface area contributed by atoms with E-state index < -0.39 is 10.0 Å². The van der Waals surface area contributed by atoms with Gasteiger partial charge in [0.1, 0.15) is 16.4 Å². The standard InChI is InChI=1S/C27H27N3O5S2/c1-16-5-7-19(8-6-16)17(2)26(32)29-27-28-18(3)25(36-27)20-9-14-23(35-4)24(15-20)37(33,34)30-21-10-12-22(31)13-11-21/h5-15,17,30-31H,1-4H3,(H,28,29,32)/t17-/m1/s1. The SMILES string of the molecule is COc1ccc(-c2sc(NC(=O)[C@H](C)c3ccc(C)cc3)nc2C)cc1S(=O)(=O)Nc1ccc(O)cc1. The first-order valence-electron chi connectivity index (χ1n) is 11.4. The van der Waals surface area contributed by atoms with Crippen LogP contribution in [0.5, 0.6) is 11.5 Å². The van der Waals surface area contributed by atoms with Crippen LogP contribution in [0.4, 0.5) is 10.8 Å². The lowest BCUT2D eigenvalue weighted by molar-refractivity contribution is -0.117. The van der Waals surface area contributed by atoms with Crippen molar-refractivity contribution in [2.24, 2.45) is 0 Å². The van der Waals surface area contributed by atoms with Gasteiger partial charge in [0.25, 0.3) is 10.0 Å². The number of sulfonamides is 1. The molecule has 1 atom stereocenters. The maximum atomic E-state index is 13.2. The smallest absolute Gasteiger partial charge is 0.265 e. The van der Waals surface area contributed by atoms with Crippen molar-refractivity contribution in [3.05, 3.63) is 83.6 Å². The van der Waals surface area contributed by atoms with E-state index >= 15 is 0 Å². The van der Waals surface area contributed by atoms with E-state index in [0.717, 1.165) is 16.0 Å². The number of phenols is 1. The molecule has 0 saturated carbocycles. The van der Waals surface area contributed by atoms with E-state index in [1.54, 1.807) is 19.1 Å². The van der Waals surface area contributed by atoms with Crippen molar-refractivity contribution in [2.75, 3.05) is 17.1 Å². The molecule has 0 radical (unpaired) electrons. The van der Waals surface area contributed by atoms with Crippen molar-refractivity contribution in [3.63, 3.8) is 0 Å². The normalized spacial score (nSPS) is 12.1. The fraction of sp³-hybridized carbons (Fsp3) is 0.185. The molecule has 1 aromatic heterocycles. The van der Waals surface area contributed by atoms with Gasteiger partial charge in [-0.2, -0.15) is 0 Å². The molecular formula is C27H27N3O5S2. The maximum absolute atomic E-state index is 13.2. The van der Waals surface area contributed by atoms with E-state index in [9.17, 15) is 18.3 Å². The summed E-state index contributed by atoms with van der Waals surface area (Å²) in [6.45, 7) is 5.63. The number of anilines is 2. The van der Waals surface area contributed by atoms with Crippen molar-refractivity contribution in [1.82, 2.24) is 4.98 Å². The Hall–Kier alpha value is -3.89. The zero-order valence-electron chi connectivity index (χ0n) is 20.8. The molecule has 37 heavy (non-hydrogen) atoms. The zero-order chi connectivity index (χ0) is 26.7. The first kappa shape index (κ1) is 26.2. The number of ether oxygens (including phenoxy) is 1. The summed E-state index contributed by atoms with van der Waals surface area (Å²) in [7, 11) is -2.61. The van der Waals surface area contributed by atoms with Crippen molar-refractivity contribution >= 4 is 38.1 Å². The second-order valence-electron chi connectivity index (χ2n) is 8.57. The highest BCUT2D eigenvalue weighted by molar-refractivity contribution is 7.92. The average molecular weight is 538 g/mol. The van der Waals surface area contributed by atoms with Gasteiger partial charge in [0.2, 0.25) is 5.91 Å². The number of amides is 1. The monoisotopic (exact) mass is 537 g/mol. The van der Waals surface area contributed by atoms with Crippen molar-refractivity contribution < 1.29 is 23.1 Å². The summed E-state index contributed by atoms with van der Waals surface area (Å²) in [5.41, 5.74) is 3.60. The number of hydrogen-bond acceptors (Lipinski definition) is 7. The van der Waals surface area contributed by atoms with E-state index in [-0.39, 0.29) is 28.2 Å². The molecule has 4 aromatic rings. The summed E-state index contributed by atoms with van der Waals surface area (Å²) in [5, 5.41) is 12.8. The Morgan fingerprint density at radius 3 is 2.35 bits per heavy atom. The Morgan fingerprint density at radius 1 is 1.03 bits per heavy atom. The van der Waals surface area contributed by atoms with E-state index in [2.05, 4.69) is 15.0 Å². The Labute approximate surface area is 220 Å². The Balaban J connectivity index is 1.60. The van der Waals surface area contributed by atoms with Gasteiger partial charge in [-0.25, -0.2) is 13.4 Å². The van der Waals surface area contributed by atoms with Crippen LogP contribution in [0.25, 0.3) is 10.4 Å². The number of hydrogen-bond donors (Lipinski definition) is 3. The number of phenolic OH excluding ortho intramolecular Hbond substituents is 1. The molecule has 0 aliphatic rings. The predicted molar refractivity (Wildman–Crippen MR) is 146 cm³/mol. The van der Waals surface area contributed by atoms with E-state index in [0.29, 0.717) is 22.1 Å². The van der Waals surface area contributed by atoms with Gasteiger partial charge in [-0.3, -0.25) is 9.52 Å². The highest BCUT2D eigenvalue weighted by Gasteiger charge is 2.23. The van der Waals surface area contributed by atoms with E-state index in [4.69, 9.17) is 4.74 Å². The number of carbonyl (C=O) groups is 1. The molecule has 0 aliphatic heterocycles. The quantitative estimate of drug-likeness (QED) is 0.249. The first-order chi connectivity index (χ1) is 17.6. The number of methoxy groups -OCH3 is 1. The summed E-state index contributed by atoms with van der Waals surface area (Å²) in [6, 6.07) is 18.4. The maximum Gasteiger partial charge on any atom is 0.265 e. The number of aromatic hydroxyl groups is 1. The highest BCUT2D eigenvalue weighted by atomic mass is 32.2. The number of rotatable bonds is 8. The zero-order valence-corrected chi connectivity index (χ0v) is 22.4. The molecule has 0 aliphatic carbocycles. The number of thiazole rings is 1. The van der Waals surface area contributed by atoms with Crippen molar-refractivity contribution in [3.8, 4) is 21.9 Å². The van der Waals surface area contributed by atoms with Crippen LogP contribution in [0.2, 0.25) is 0 Å². The Morgan fingerprint density at radius 2 is 1.70 bits per heavy atom. The molecule has 10 heteroatoms. The number of aromatic nitrogens is 1. The van der Waals surface area contributed by atoms with Gasteiger partial charge in [0.15, 0.2) is 5.13 Å². The van der Waals surface area contributed by atoms with E-state index in [1.807, 2.05) is 38.1 Å². The molecule has 0 saturated heterocycles. The van der Waals surface area contributed by atoms with Crippen molar-refractivity contribution in [2.45, 2.75) is 31.6 Å². The fourth-order valence-electron chi connectivity index (χ4n) is 3.71. The molecule has 0 fully saturated rings. The largest absolute Gasteiger partial charge is 0.508 e. The van der Waals surface area contributed by atoms with Crippen LogP contribution >= 0.6 is 11.3 Å². The molecule has 3 aromatic carbocycles. The lowest BCUT2D eigenvalue weighted by Gasteiger charge is -2.13. The molecule has 8 nitrogen and oxygen atoms in total. The molecule has 4 rings (SSSR count).